The summed E-state index contributed by atoms with van der Waals surface area (Å²) in [7, 11) is 0. The third-order valence-electron chi connectivity index (χ3n) is 5.29. The summed E-state index contributed by atoms with van der Waals surface area (Å²) in [5, 5.41) is 2.41. The Balaban J connectivity index is 1.82. The van der Waals surface area contributed by atoms with Crippen LogP contribution in [0.15, 0.2) is 110 Å². The highest BCUT2D eigenvalue weighted by Crippen LogP contribution is 2.16. The van der Waals surface area contributed by atoms with E-state index in [1.54, 1.807) is 12.1 Å². The number of carbonyl (C=O) groups excluding carboxylic acids is 5. The number of amides is 1. The summed E-state index contributed by atoms with van der Waals surface area (Å²) in [5.74, 6) is -1.41. The van der Waals surface area contributed by atoms with Crippen molar-refractivity contribution in [2.45, 2.75) is 13.3 Å². The van der Waals surface area contributed by atoms with Crippen LogP contribution in [0.1, 0.15) is 34.1 Å². The van der Waals surface area contributed by atoms with Crippen molar-refractivity contribution in [1.29, 1.82) is 0 Å². The summed E-state index contributed by atoms with van der Waals surface area (Å²) in [4.78, 5) is 58.8. The molecule has 0 heterocycles. The zero-order valence-electron chi connectivity index (χ0n) is 24.7. The molecule has 0 aromatic heterocycles. The van der Waals surface area contributed by atoms with Crippen LogP contribution >= 0.6 is 0 Å². The van der Waals surface area contributed by atoms with Crippen LogP contribution in [0, 0.1) is 0 Å². The molecule has 0 saturated carbocycles. The third-order valence-corrected chi connectivity index (χ3v) is 5.29. The number of benzene rings is 2. The van der Waals surface area contributed by atoms with E-state index in [0.717, 1.165) is 12.2 Å². The van der Waals surface area contributed by atoms with Crippen molar-refractivity contribution in [3.05, 3.63) is 121 Å². The van der Waals surface area contributed by atoms with Gasteiger partial charge in [0.1, 0.15) is 29.6 Å². The average molecular weight is 620 g/mol. The molecule has 45 heavy (non-hydrogen) atoms. The monoisotopic (exact) mass is 619 g/mol. The first-order valence-corrected chi connectivity index (χ1v) is 13.5. The van der Waals surface area contributed by atoms with Crippen LogP contribution in [0.25, 0.3) is 0 Å². The molecule has 2 aromatic carbocycles. The van der Waals surface area contributed by atoms with E-state index in [9.17, 15) is 24.0 Å². The van der Waals surface area contributed by atoms with E-state index in [1.165, 1.54) is 61.5 Å². The molecule has 0 aliphatic heterocycles. The summed E-state index contributed by atoms with van der Waals surface area (Å²) in [6, 6.07) is 11.9. The lowest BCUT2D eigenvalue weighted by Gasteiger charge is -2.08. The Labute approximate surface area is 260 Å². The van der Waals surface area contributed by atoms with Crippen LogP contribution in [-0.2, 0) is 28.5 Å². The first-order chi connectivity index (χ1) is 21.6. The van der Waals surface area contributed by atoms with Gasteiger partial charge in [0.2, 0.25) is 0 Å². The minimum atomic E-state index is -0.771. The fourth-order valence-corrected chi connectivity index (χ4v) is 3.08. The summed E-state index contributed by atoms with van der Waals surface area (Å²) in [6.07, 6.45) is 5.98. The smallest absolute Gasteiger partial charge is 0.412 e. The maximum absolute atomic E-state index is 12.5. The normalized spacial score (nSPS) is 10.9. The summed E-state index contributed by atoms with van der Waals surface area (Å²) >= 11 is 0. The summed E-state index contributed by atoms with van der Waals surface area (Å²) in [6.45, 7) is 12.2. The van der Waals surface area contributed by atoms with Crippen molar-refractivity contribution in [1.82, 2.24) is 5.32 Å². The van der Waals surface area contributed by atoms with Crippen molar-refractivity contribution >= 4 is 30.0 Å². The zero-order chi connectivity index (χ0) is 33.0. The van der Waals surface area contributed by atoms with E-state index in [1.807, 2.05) is 0 Å². The van der Waals surface area contributed by atoms with E-state index < -0.39 is 30.0 Å². The fraction of sp³-hybridized carbons (Fsp3) is 0.182. The summed E-state index contributed by atoms with van der Waals surface area (Å²) in [5.41, 5.74) is 0.454. The molecule has 12 nitrogen and oxygen atoms in total. The van der Waals surface area contributed by atoms with Gasteiger partial charge in [-0.1, -0.05) is 19.7 Å². The second kappa shape index (κ2) is 19.3. The number of hydrogen-bond acceptors (Lipinski definition) is 11. The van der Waals surface area contributed by atoms with Gasteiger partial charge >= 0.3 is 30.0 Å². The van der Waals surface area contributed by atoms with Gasteiger partial charge in [0, 0.05) is 18.6 Å². The molecular weight excluding hydrogens is 586 g/mol. The highest BCUT2D eigenvalue weighted by molar-refractivity contribution is 5.91. The molecular formula is C33H33NO11. The fourth-order valence-electron chi connectivity index (χ4n) is 3.08. The molecule has 0 bridgehead atoms. The molecule has 0 spiro atoms. The number of ether oxygens (including phenoxy) is 6. The van der Waals surface area contributed by atoms with Gasteiger partial charge in [-0.2, -0.15) is 0 Å². The number of carbonyl (C=O) groups is 5. The number of allylic oxidation sites excluding steroid dienone is 4. The van der Waals surface area contributed by atoms with Crippen molar-refractivity contribution in [2.75, 3.05) is 26.4 Å². The molecule has 0 saturated heterocycles. The van der Waals surface area contributed by atoms with E-state index in [4.69, 9.17) is 28.4 Å². The Bertz CT molecular complexity index is 1440. The molecule has 236 valence electrons. The van der Waals surface area contributed by atoms with Crippen molar-refractivity contribution in [3.63, 3.8) is 0 Å². The average Bonchev–Trinajstić information content (AvgIpc) is 3.04. The number of rotatable bonds is 17. The molecule has 0 radical (unpaired) electrons. The highest BCUT2D eigenvalue weighted by Gasteiger charge is 2.12. The summed E-state index contributed by atoms with van der Waals surface area (Å²) < 4.78 is 30.9. The highest BCUT2D eigenvalue weighted by atomic mass is 16.6. The van der Waals surface area contributed by atoms with Gasteiger partial charge in [-0.05, 0) is 73.7 Å². The van der Waals surface area contributed by atoms with Gasteiger partial charge in [-0.15, -0.1) is 0 Å². The largest absolute Gasteiger partial charge is 0.493 e. The molecule has 1 amide bonds. The van der Waals surface area contributed by atoms with Crippen LogP contribution in [0.5, 0.6) is 11.5 Å². The van der Waals surface area contributed by atoms with Gasteiger partial charge in [0.05, 0.1) is 30.9 Å². The van der Waals surface area contributed by atoms with E-state index >= 15 is 0 Å². The molecule has 0 fully saturated rings. The Kier molecular flexibility index (Phi) is 15.1. The van der Waals surface area contributed by atoms with Gasteiger partial charge in [-0.25, -0.2) is 24.0 Å². The van der Waals surface area contributed by atoms with Gasteiger partial charge in [0.15, 0.2) is 0 Å². The maximum atomic E-state index is 12.5. The number of nitrogens with one attached hydrogen (secondary N) is 1. The Morgan fingerprint density at radius 3 is 1.82 bits per heavy atom. The Morgan fingerprint density at radius 2 is 1.24 bits per heavy atom. The predicted molar refractivity (Wildman–Crippen MR) is 162 cm³/mol. The standard InChI is InChI=1S/C33H33NO11/c1-5-26(44-32(38)25-10-15-27(16-11-25)40-20-8-21-41-29(35)6-2)14-9-23(4)43-31(37)24-12-17-28(18-13-24)45-33(39)34-19-22-42-30(36)7-3/h5-7,9-18H,1-3,8,19-22H2,4H3,(H,34,39)/b23-9+,26-14+. The van der Waals surface area contributed by atoms with Crippen molar-refractivity contribution in [2.24, 2.45) is 0 Å². The van der Waals surface area contributed by atoms with Crippen molar-refractivity contribution in [3.8, 4) is 11.5 Å². The quantitative estimate of drug-likeness (QED) is 0.0636. The molecule has 0 unspecified atom stereocenters. The van der Waals surface area contributed by atoms with Crippen LogP contribution in [0.4, 0.5) is 4.79 Å². The molecule has 2 aromatic rings. The lowest BCUT2D eigenvalue weighted by atomic mass is 10.2. The Hall–Kier alpha value is -5.91. The first-order valence-electron chi connectivity index (χ1n) is 13.5. The second-order valence-corrected chi connectivity index (χ2v) is 8.64. The van der Waals surface area contributed by atoms with Crippen LogP contribution in [0.2, 0.25) is 0 Å². The van der Waals surface area contributed by atoms with Crippen molar-refractivity contribution < 1.29 is 52.4 Å². The van der Waals surface area contributed by atoms with Gasteiger partial charge in [0.25, 0.3) is 0 Å². The van der Waals surface area contributed by atoms with Crippen LogP contribution in [-0.4, -0.2) is 56.3 Å². The third kappa shape index (κ3) is 13.7. The van der Waals surface area contributed by atoms with Gasteiger partial charge in [-0.3, -0.25) is 0 Å². The van der Waals surface area contributed by atoms with Crippen LogP contribution < -0.4 is 14.8 Å². The topological polar surface area (TPSA) is 153 Å². The SMILES string of the molecule is C=CC(=O)OCCCOc1ccc(C(=O)O/C(C=C)=C/C=C(\C)OC(=O)c2ccc(OC(=O)NCCOC(=O)C=C)cc2)cc1. The van der Waals surface area contributed by atoms with E-state index in [-0.39, 0.29) is 48.2 Å². The molecule has 0 aliphatic carbocycles. The number of esters is 4. The maximum Gasteiger partial charge on any atom is 0.412 e. The minimum absolute atomic E-state index is 0.0402. The number of hydrogen-bond donors (Lipinski definition) is 1. The van der Waals surface area contributed by atoms with Crippen LogP contribution in [0.3, 0.4) is 0 Å². The minimum Gasteiger partial charge on any atom is -0.493 e. The lowest BCUT2D eigenvalue weighted by molar-refractivity contribution is -0.138. The second-order valence-electron chi connectivity index (χ2n) is 8.64. The molecule has 0 aliphatic rings. The first kappa shape index (κ1) is 35.3. The lowest BCUT2D eigenvalue weighted by Crippen LogP contribution is -2.30. The molecule has 2 rings (SSSR count). The molecule has 0 atom stereocenters. The van der Waals surface area contributed by atoms with E-state index in [0.29, 0.717) is 18.8 Å². The molecule has 1 N–H and O–H groups in total. The molecule has 12 heteroatoms. The predicted octanol–water partition coefficient (Wildman–Crippen LogP) is 4.99. The van der Waals surface area contributed by atoms with E-state index in [2.05, 4.69) is 25.1 Å². The van der Waals surface area contributed by atoms with Gasteiger partial charge < -0.3 is 33.7 Å². The zero-order valence-corrected chi connectivity index (χ0v) is 24.7. The Morgan fingerprint density at radius 1 is 0.689 bits per heavy atom.